The maximum absolute atomic E-state index is 13.5. The predicted octanol–water partition coefficient (Wildman–Crippen LogP) is 3.06. The van der Waals surface area contributed by atoms with E-state index in [1.807, 2.05) is 6.92 Å². The highest BCUT2D eigenvalue weighted by Gasteiger charge is 2.25. The molecule has 1 heterocycles. The van der Waals surface area contributed by atoms with E-state index in [1.165, 1.54) is 6.07 Å². The topological polar surface area (TPSA) is 30.5 Å². The van der Waals surface area contributed by atoms with Gasteiger partial charge in [-0.2, -0.15) is 0 Å². The Kier molecular flexibility index (Phi) is 5.80. The molecule has 1 aliphatic rings. The quantitative estimate of drug-likeness (QED) is 0.779. The molecule has 0 aromatic heterocycles. The average Bonchev–Trinajstić information content (AvgIpc) is 2.88. The molecule has 1 aromatic rings. The summed E-state index contributed by atoms with van der Waals surface area (Å²) in [5.74, 6) is 0.0101. The first-order chi connectivity index (χ1) is 9.69. The van der Waals surface area contributed by atoms with Crippen LogP contribution < -0.4 is 10.1 Å². The fourth-order valence-electron chi connectivity index (χ4n) is 2.40. The van der Waals surface area contributed by atoms with Gasteiger partial charge in [-0.25, -0.2) is 4.39 Å². The third-order valence-corrected chi connectivity index (χ3v) is 3.51. The Bertz CT molecular complexity index is 425. The number of benzene rings is 1. The van der Waals surface area contributed by atoms with Crippen LogP contribution in [0, 0.1) is 12.7 Å². The van der Waals surface area contributed by atoms with Crippen molar-refractivity contribution in [3.63, 3.8) is 0 Å². The summed E-state index contributed by atoms with van der Waals surface area (Å²) in [4.78, 5) is 0. The molecule has 2 rings (SSSR count). The summed E-state index contributed by atoms with van der Waals surface area (Å²) in [5.41, 5.74) is 0.996. The van der Waals surface area contributed by atoms with E-state index >= 15 is 0 Å². The largest absolute Gasteiger partial charge is 0.488 e. The summed E-state index contributed by atoms with van der Waals surface area (Å²) in [5, 5.41) is 3.36. The lowest BCUT2D eigenvalue weighted by Gasteiger charge is -2.15. The first-order valence-corrected chi connectivity index (χ1v) is 7.44. The van der Waals surface area contributed by atoms with Gasteiger partial charge in [0.1, 0.15) is 6.61 Å². The van der Waals surface area contributed by atoms with Crippen molar-refractivity contribution in [3.8, 4) is 5.75 Å². The molecule has 1 aliphatic heterocycles. The van der Waals surface area contributed by atoms with E-state index in [-0.39, 0.29) is 18.0 Å². The van der Waals surface area contributed by atoms with Crippen molar-refractivity contribution < 1.29 is 13.9 Å². The van der Waals surface area contributed by atoms with Crippen LogP contribution in [-0.2, 0) is 4.74 Å². The normalized spacial score (nSPS) is 22.1. The van der Waals surface area contributed by atoms with E-state index in [2.05, 4.69) is 12.2 Å². The van der Waals surface area contributed by atoms with Crippen molar-refractivity contribution in [2.75, 3.05) is 19.7 Å². The molecule has 1 fully saturated rings. The fourth-order valence-corrected chi connectivity index (χ4v) is 2.40. The average molecular weight is 281 g/mol. The fraction of sp³-hybridized carbons (Fsp3) is 0.625. The Morgan fingerprint density at radius 2 is 2.15 bits per heavy atom. The molecule has 4 heteroatoms. The van der Waals surface area contributed by atoms with E-state index in [9.17, 15) is 4.39 Å². The molecule has 0 aliphatic carbocycles. The molecule has 1 saturated heterocycles. The molecule has 20 heavy (non-hydrogen) atoms. The Labute approximate surface area is 120 Å². The molecule has 0 radical (unpaired) electrons. The Morgan fingerprint density at radius 3 is 2.95 bits per heavy atom. The monoisotopic (exact) mass is 281 g/mol. The van der Waals surface area contributed by atoms with Crippen LogP contribution in [-0.4, -0.2) is 31.9 Å². The van der Waals surface area contributed by atoms with E-state index in [1.54, 1.807) is 12.1 Å². The van der Waals surface area contributed by atoms with E-state index < -0.39 is 0 Å². The molecular formula is C16H24FNO2. The third-order valence-electron chi connectivity index (χ3n) is 3.51. The Balaban J connectivity index is 1.74. The van der Waals surface area contributed by atoms with Crippen molar-refractivity contribution >= 4 is 0 Å². The maximum atomic E-state index is 13.5. The highest BCUT2D eigenvalue weighted by molar-refractivity contribution is 5.29. The molecule has 3 nitrogen and oxygen atoms in total. The van der Waals surface area contributed by atoms with Gasteiger partial charge in [-0.15, -0.1) is 0 Å². The molecule has 1 N–H and O–H groups in total. The van der Waals surface area contributed by atoms with Gasteiger partial charge in [-0.05, 0) is 50.4 Å². The second-order valence-corrected chi connectivity index (χ2v) is 5.41. The summed E-state index contributed by atoms with van der Waals surface area (Å²) in [6, 6.07) is 4.91. The number of rotatable bonds is 7. The van der Waals surface area contributed by atoms with Crippen LogP contribution in [0.15, 0.2) is 18.2 Å². The van der Waals surface area contributed by atoms with Gasteiger partial charge in [0.2, 0.25) is 0 Å². The number of halogens is 1. The standard InChI is InChI=1S/C16H24FNO2/c1-3-8-18-10-13-5-6-14(20-13)11-19-16-9-12(2)4-7-15(16)17/h4,7,9,13-14,18H,3,5-6,8,10-11H2,1-2H3. The minimum absolute atomic E-state index is 0.0725. The number of hydrogen-bond donors (Lipinski definition) is 1. The molecule has 0 bridgehead atoms. The van der Waals surface area contributed by atoms with Gasteiger partial charge in [0.05, 0.1) is 12.2 Å². The van der Waals surface area contributed by atoms with E-state index in [4.69, 9.17) is 9.47 Å². The van der Waals surface area contributed by atoms with Crippen LogP contribution in [0.2, 0.25) is 0 Å². The van der Waals surface area contributed by atoms with Crippen molar-refractivity contribution in [3.05, 3.63) is 29.6 Å². The van der Waals surface area contributed by atoms with E-state index in [0.29, 0.717) is 12.4 Å². The predicted molar refractivity (Wildman–Crippen MR) is 77.7 cm³/mol. The summed E-state index contributed by atoms with van der Waals surface area (Å²) in [7, 11) is 0. The van der Waals surface area contributed by atoms with E-state index in [0.717, 1.165) is 37.9 Å². The lowest BCUT2D eigenvalue weighted by molar-refractivity contribution is 0.0179. The first-order valence-electron chi connectivity index (χ1n) is 7.44. The minimum Gasteiger partial charge on any atom is -0.488 e. The molecule has 0 spiro atoms. The number of nitrogens with one attached hydrogen (secondary N) is 1. The smallest absolute Gasteiger partial charge is 0.165 e. The summed E-state index contributed by atoms with van der Waals surface area (Å²) in [6.45, 7) is 6.41. The molecular weight excluding hydrogens is 257 g/mol. The molecule has 0 saturated carbocycles. The first kappa shape index (κ1) is 15.3. The zero-order valence-corrected chi connectivity index (χ0v) is 12.3. The molecule has 1 aromatic carbocycles. The SMILES string of the molecule is CCCNCC1CCC(COc2cc(C)ccc2F)O1. The van der Waals surface area contributed by atoms with Crippen LogP contribution in [0.4, 0.5) is 4.39 Å². The summed E-state index contributed by atoms with van der Waals surface area (Å²) >= 11 is 0. The number of ether oxygens (including phenoxy) is 2. The second kappa shape index (κ2) is 7.60. The maximum Gasteiger partial charge on any atom is 0.165 e. The van der Waals surface area contributed by atoms with Gasteiger partial charge in [0, 0.05) is 6.54 Å². The highest BCUT2D eigenvalue weighted by atomic mass is 19.1. The zero-order chi connectivity index (χ0) is 14.4. The minimum atomic E-state index is -0.310. The Hall–Kier alpha value is -1.13. The van der Waals surface area contributed by atoms with Crippen molar-refractivity contribution in [1.29, 1.82) is 0 Å². The van der Waals surface area contributed by atoms with Crippen LogP contribution in [0.25, 0.3) is 0 Å². The van der Waals surface area contributed by atoms with Crippen LogP contribution in [0.3, 0.4) is 0 Å². The summed E-state index contributed by atoms with van der Waals surface area (Å²) in [6.07, 6.45) is 3.49. The van der Waals surface area contributed by atoms with Gasteiger partial charge in [-0.1, -0.05) is 13.0 Å². The zero-order valence-electron chi connectivity index (χ0n) is 12.3. The summed E-state index contributed by atoms with van der Waals surface area (Å²) < 4.78 is 25.0. The lowest BCUT2D eigenvalue weighted by Crippen LogP contribution is -2.28. The molecule has 2 unspecified atom stereocenters. The van der Waals surface area contributed by atoms with Crippen LogP contribution in [0.5, 0.6) is 5.75 Å². The molecule has 2 atom stereocenters. The van der Waals surface area contributed by atoms with Crippen molar-refractivity contribution in [1.82, 2.24) is 5.32 Å². The van der Waals surface area contributed by atoms with Gasteiger partial charge in [-0.3, -0.25) is 0 Å². The van der Waals surface area contributed by atoms with Crippen molar-refractivity contribution in [2.24, 2.45) is 0 Å². The number of aryl methyl sites for hydroxylation is 1. The number of hydrogen-bond acceptors (Lipinski definition) is 3. The van der Waals surface area contributed by atoms with Gasteiger partial charge >= 0.3 is 0 Å². The Morgan fingerprint density at radius 1 is 1.35 bits per heavy atom. The van der Waals surface area contributed by atoms with Crippen LogP contribution in [0.1, 0.15) is 31.7 Å². The van der Waals surface area contributed by atoms with Crippen LogP contribution >= 0.6 is 0 Å². The molecule has 0 amide bonds. The van der Waals surface area contributed by atoms with Gasteiger partial charge in [0.15, 0.2) is 11.6 Å². The van der Waals surface area contributed by atoms with Gasteiger partial charge < -0.3 is 14.8 Å². The molecule has 112 valence electrons. The van der Waals surface area contributed by atoms with Crippen molar-refractivity contribution in [2.45, 2.75) is 45.3 Å². The lowest BCUT2D eigenvalue weighted by atomic mass is 10.2. The second-order valence-electron chi connectivity index (χ2n) is 5.41. The third kappa shape index (κ3) is 4.46. The van der Waals surface area contributed by atoms with Gasteiger partial charge in [0.25, 0.3) is 0 Å². The highest BCUT2D eigenvalue weighted by Crippen LogP contribution is 2.23.